The van der Waals surface area contributed by atoms with E-state index in [9.17, 15) is 31.9 Å². The fourth-order valence-corrected chi connectivity index (χ4v) is 4.95. The minimum Gasteiger partial charge on any atom is -0.475 e. The minimum atomic E-state index is -5.08. The minimum absolute atomic E-state index is 0.0494. The summed E-state index contributed by atoms with van der Waals surface area (Å²) in [4.78, 5) is 50.5. The Morgan fingerprint density at radius 3 is 2.20 bits per heavy atom. The second-order valence-corrected chi connectivity index (χ2v) is 11.4. The van der Waals surface area contributed by atoms with Crippen molar-refractivity contribution in [3.8, 4) is 0 Å². The first-order valence-corrected chi connectivity index (χ1v) is 15.0. The molecule has 2 aliphatic heterocycles. The third kappa shape index (κ3) is 10.7. The summed E-state index contributed by atoms with van der Waals surface area (Å²) in [7, 11) is 0. The van der Waals surface area contributed by atoms with E-state index in [-0.39, 0.29) is 29.1 Å². The number of carbonyl (C=O) groups excluding carboxylic acids is 3. The highest BCUT2D eigenvalue weighted by atomic mass is 19.4. The van der Waals surface area contributed by atoms with Gasteiger partial charge >= 0.3 is 18.2 Å². The summed E-state index contributed by atoms with van der Waals surface area (Å²) in [6.45, 7) is 5.01. The molecule has 0 aromatic heterocycles. The second-order valence-electron chi connectivity index (χ2n) is 11.4. The molecule has 4 N–H and O–H groups in total. The van der Waals surface area contributed by atoms with Crippen LogP contribution < -0.4 is 16.0 Å². The van der Waals surface area contributed by atoms with Crippen molar-refractivity contribution < 1.29 is 46.6 Å². The lowest BCUT2D eigenvalue weighted by Gasteiger charge is -2.35. The molecule has 0 atom stereocenters. The largest absolute Gasteiger partial charge is 0.490 e. The molecule has 46 heavy (non-hydrogen) atoms. The molecule has 2 aromatic carbocycles. The first-order chi connectivity index (χ1) is 21.9. The summed E-state index contributed by atoms with van der Waals surface area (Å²) in [5, 5.41) is 15.5. The molecule has 0 radical (unpaired) electrons. The Morgan fingerprint density at radius 1 is 0.913 bits per heavy atom. The summed E-state index contributed by atoms with van der Waals surface area (Å²) in [5.41, 5.74) is 2.00. The molecule has 2 saturated heterocycles. The van der Waals surface area contributed by atoms with E-state index in [1.54, 1.807) is 11.0 Å². The van der Waals surface area contributed by atoms with Crippen LogP contribution in [0.1, 0.15) is 52.0 Å². The number of piperazine rings is 1. The number of amides is 4. The van der Waals surface area contributed by atoms with Gasteiger partial charge in [-0.15, -0.1) is 0 Å². The lowest BCUT2D eigenvalue weighted by Crippen LogP contribution is -2.48. The van der Waals surface area contributed by atoms with Gasteiger partial charge in [-0.05, 0) is 67.5 Å². The number of hydrogen-bond donors (Lipinski definition) is 4. The highest BCUT2D eigenvalue weighted by Crippen LogP contribution is 2.27. The fourth-order valence-electron chi connectivity index (χ4n) is 4.95. The van der Waals surface area contributed by atoms with Crippen LogP contribution in [-0.2, 0) is 16.1 Å². The van der Waals surface area contributed by atoms with Crippen LogP contribution in [0.15, 0.2) is 42.5 Å². The Balaban J connectivity index is 0.000000617. The number of rotatable bonds is 8. The summed E-state index contributed by atoms with van der Waals surface area (Å²) >= 11 is 0. The van der Waals surface area contributed by atoms with Crippen molar-refractivity contribution in [2.45, 2.75) is 44.4 Å². The first-order valence-electron chi connectivity index (χ1n) is 15.0. The summed E-state index contributed by atoms with van der Waals surface area (Å²) in [5.74, 6) is -3.16. The van der Waals surface area contributed by atoms with Crippen molar-refractivity contribution in [3.05, 3.63) is 65.0 Å². The van der Waals surface area contributed by atoms with Gasteiger partial charge in [-0.3, -0.25) is 14.5 Å². The zero-order valence-electron chi connectivity index (χ0n) is 25.1. The van der Waals surface area contributed by atoms with Crippen molar-refractivity contribution >= 4 is 29.5 Å². The number of anilines is 1. The van der Waals surface area contributed by atoms with E-state index in [0.29, 0.717) is 64.0 Å². The molecule has 0 bridgehead atoms. The van der Waals surface area contributed by atoms with Gasteiger partial charge in [-0.1, -0.05) is 12.1 Å². The molecule has 4 amide bonds. The highest BCUT2D eigenvalue weighted by molar-refractivity contribution is 5.96. The van der Waals surface area contributed by atoms with Crippen molar-refractivity contribution in [1.29, 1.82) is 0 Å². The molecular formula is C31H37F4N5O6. The quantitative estimate of drug-likeness (QED) is 0.318. The third-order valence-electron chi connectivity index (χ3n) is 7.77. The average molecular weight is 652 g/mol. The molecule has 3 aliphatic rings. The van der Waals surface area contributed by atoms with Crippen molar-refractivity contribution in [3.63, 3.8) is 0 Å². The van der Waals surface area contributed by atoms with Gasteiger partial charge in [-0.25, -0.2) is 14.0 Å². The van der Waals surface area contributed by atoms with Crippen molar-refractivity contribution in [1.82, 2.24) is 20.4 Å². The summed E-state index contributed by atoms with van der Waals surface area (Å²) in [6, 6.07) is 11.5. The van der Waals surface area contributed by atoms with Crippen LogP contribution in [0, 0.1) is 11.7 Å². The summed E-state index contributed by atoms with van der Waals surface area (Å²) < 4.78 is 51.7. The lowest BCUT2D eigenvalue weighted by atomic mass is 10.1. The van der Waals surface area contributed by atoms with Gasteiger partial charge in [0.05, 0.1) is 5.69 Å². The van der Waals surface area contributed by atoms with E-state index in [4.69, 9.17) is 14.6 Å². The van der Waals surface area contributed by atoms with Gasteiger partial charge in [0.25, 0.3) is 11.8 Å². The average Bonchev–Trinajstić information content (AvgIpc) is 3.86. The van der Waals surface area contributed by atoms with Gasteiger partial charge < -0.3 is 30.7 Å². The predicted octanol–water partition coefficient (Wildman–Crippen LogP) is 3.86. The number of hydrogen-bond acceptors (Lipinski definition) is 6. The molecule has 0 spiro atoms. The Hall–Kier alpha value is -4.24. The number of carboxylic acids is 1. The van der Waals surface area contributed by atoms with E-state index >= 15 is 0 Å². The maximum atomic E-state index is 14.6. The highest BCUT2D eigenvalue weighted by Gasteiger charge is 2.38. The molecule has 15 heteroatoms. The van der Waals surface area contributed by atoms with Crippen molar-refractivity contribution in [2.24, 2.45) is 5.92 Å². The monoisotopic (exact) mass is 651 g/mol. The van der Waals surface area contributed by atoms with Gasteiger partial charge in [0, 0.05) is 69.7 Å². The zero-order valence-corrected chi connectivity index (χ0v) is 25.1. The molecule has 5 rings (SSSR count). The van der Waals surface area contributed by atoms with Gasteiger partial charge in [-0.2, -0.15) is 13.2 Å². The van der Waals surface area contributed by atoms with E-state index in [2.05, 4.69) is 20.9 Å². The topological polar surface area (TPSA) is 140 Å². The Morgan fingerprint density at radius 2 is 1.59 bits per heavy atom. The van der Waals surface area contributed by atoms with Crippen LogP contribution >= 0.6 is 0 Å². The molecule has 3 fully saturated rings. The molecule has 0 unspecified atom stereocenters. The number of alkyl halides is 3. The zero-order chi connectivity index (χ0) is 33.3. The standard InChI is InChI=1S/C29H36FN5O4.C2HF3O2/c30-25-17-23(6-7-26(25)33-29(38)31-18-20-4-5-20)28(37)35-12-10-34(11-13-35)19-21-2-1-3-22(16-21)27(36)32-24-8-14-39-15-9-24;3-2(4,5)1(6)7/h1-3,6-7,16-17,20,24H,4-5,8-15,18-19H2,(H,32,36)(H2,31,33,38);(H,6,7). The summed E-state index contributed by atoms with van der Waals surface area (Å²) in [6.07, 6.45) is -1.19. The maximum absolute atomic E-state index is 14.6. The first kappa shape index (κ1) is 34.6. The van der Waals surface area contributed by atoms with Crippen LogP contribution in [0.2, 0.25) is 0 Å². The number of nitrogens with one attached hydrogen (secondary N) is 3. The van der Waals surface area contributed by atoms with E-state index < -0.39 is 24.0 Å². The number of carboxylic acid groups (broad SMARTS) is 1. The smallest absolute Gasteiger partial charge is 0.475 e. The molecule has 2 aromatic rings. The molecule has 1 saturated carbocycles. The van der Waals surface area contributed by atoms with Gasteiger partial charge in [0.1, 0.15) is 5.82 Å². The van der Waals surface area contributed by atoms with E-state index in [1.807, 2.05) is 24.3 Å². The third-order valence-corrected chi connectivity index (χ3v) is 7.77. The number of aliphatic carboxylic acids is 1. The van der Waals surface area contributed by atoms with E-state index in [0.717, 1.165) is 31.2 Å². The number of benzene rings is 2. The SMILES string of the molecule is O=C(NCC1CC1)Nc1ccc(C(=O)N2CCN(Cc3cccc(C(=O)NC4CCOCC4)c3)CC2)cc1F.O=C(O)C(F)(F)F. The molecule has 11 nitrogen and oxygen atoms in total. The number of nitrogens with zero attached hydrogens (tertiary/aromatic N) is 2. The van der Waals surface area contributed by atoms with Crippen molar-refractivity contribution in [2.75, 3.05) is 51.3 Å². The number of ether oxygens (including phenoxy) is 1. The van der Waals surface area contributed by atoms with Crippen LogP contribution in [0.4, 0.5) is 28.0 Å². The van der Waals surface area contributed by atoms with Gasteiger partial charge in [0.2, 0.25) is 0 Å². The Bertz CT molecular complexity index is 1390. The normalized spacial score (nSPS) is 17.3. The maximum Gasteiger partial charge on any atom is 0.490 e. The number of carbonyl (C=O) groups is 4. The van der Waals surface area contributed by atoms with Crippen LogP contribution in [0.3, 0.4) is 0 Å². The predicted molar refractivity (Wildman–Crippen MR) is 159 cm³/mol. The number of halogens is 4. The number of urea groups is 1. The fraction of sp³-hybridized carbons (Fsp3) is 0.484. The van der Waals surface area contributed by atoms with Crippen LogP contribution in [0.25, 0.3) is 0 Å². The second kappa shape index (κ2) is 15.9. The Kier molecular flexibility index (Phi) is 11.9. The molecule has 250 valence electrons. The molecular weight excluding hydrogens is 614 g/mol. The molecule has 2 heterocycles. The van der Waals surface area contributed by atoms with Crippen LogP contribution in [0.5, 0.6) is 0 Å². The van der Waals surface area contributed by atoms with Gasteiger partial charge in [0.15, 0.2) is 0 Å². The lowest BCUT2D eigenvalue weighted by molar-refractivity contribution is -0.192. The molecule has 1 aliphatic carbocycles. The van der Waals surface area contributed by atoms with E-state index in [1.165, 1.54) is 12.1 Å². The Labute approximate surface area is 263 Å². The van der Waals surface area contributed by atoms with Crippen LogP contribution in [-0.4, -0.2) is 96.9 Å².